The van der Waals surface area contributed by atoms with Gasteiger partial charge in [-0.15, -0.1) is 10.2 Å². The zero-order chi connectivity index (χ0) is 18.1. The minimum atomic E-state index is -0.611. The SMILES string of the molecule is CCn1nc(C(=O)Nc2nnc(C(C)C)s2)c(=O)c2cc(Cl)ccc21. The summed E-state index contributed by atoms with van der Waals surface area (Å²) in [7, 11) is 0. The highest BCUT2D eigenvalue weighted by molar-refractivity contribution is 7.15. The van der Waals surface area contributed by atoms with Crippen molar-refractivity contribution in [3.05, 3.63) is 44.1 Å². The molecule has 3 aromatic rings. The van der Waals surface area contributed by atoms with E-state index in [9.17, 15) is 9.59 Å². The van der Waals surface area contributed by atoms with Crippen molar-refractivity contribution in [3.63, 3.8) is 0 Å². The molecule has 0 saturated heterocycles. The molecule has 0 aliphatic carbocycles. The molecule has 0 saturated carbocycles. The van der Waals surface area contributed by atoms with Gasteiger partial charge >= 0.3 is 0 Å². The molecular formula is C16H16ClN5O2S. The monoisotopic (exact) mass is 377 g/mol. The maximum absolute atomic E-state index is 12.7. The van der Waals surface area contributed by atoms with Gasteiger partial charge in [0.05, 0.1) is 10.9 Å². The van der Waals surface area contributed by atoms with Crippen molar-refractivity contribution in [1.29, 1.82) is 0 Å². The van der Waals surface area contributed by atoms with E-state index < -0.39 is 11.3 Å². The molecule has 2 heterocycles. The molecule has 1 amide bonds. The highest BCUT2D eigenvalue weighted by Crippen LogP contribution is 2.23. The van der Waals surface area contributed by atoms with Crippen molar-refractivity contribution in [2.24, 2.45) is 0 Å². The van der Waals surface area contributed by atoms with E-state index in [-0.39, 0.29) is 11.6 Å². The Bertz CT molecular complexity index is 1010. The van der Waals surface area contributed by atoms with Crippen LogP contribution in [-0.4, -0.2) is 25.9 Å². The lowest BCUT2D eigenvalue weighted by atomic mass is 10.2. The minimum Gasteiger partial charge on any atom is -0.295 e. The number of hydrogen-bond donors (Lipinski definition) is 1. The molecule has 25 heavy (non-hydrogen) atoms. The smallest absolute Gasteiger partial charge is 0.282 e. The van der Waals surface area contributed by atoms with Crippen LogP contribution in [-0.2, 0) is 6.54 Å². The third-order valence-corrected chi connectivity index (χ3v) is 4.96. The van der Waals surface area contributed by atoms with Crippen molar-refractivity contribution >= 4 is 44.9 Å². The van der Waals surface area contributed by atoms with E-state index in [1.54, 1.807) is 22.9 Å². The first-order valence-corrected chi connectivity index (χ1v) is 8.95. The van der Waals surface area contributed by atoms with Crippen LogP contribution in [0.25, 0.3) is 10.9 Å². The van der Waals surface area contributed by atoms with Crippen LogP contribution in [0.4, 0.5) is 5.13 Å². The van der Waals surface area contributed by atoms with E-state index in [0.717, 1.165) is 5.01 Å². The fourth-order valence-corrected chi connectivity index (χ4v) is 3.24. The van der Waals surface area contributed by atoms with Gasteiger partial charge in [-0.2, -0.15) is 5.10 Å². The molecule has 3 rings (SSSR count). The second kappa shape index (κ2) is 6.89. The number of rotatable bonds is 4. The molecular weight excluding hydrogens is 362 g/mol. The van der Waals surface area contributed by atoms with Crippen LogP contribution in [0.1, 0.15) is 42.2 Å². The second-order valence-corrected chi connectivity index (χ2v) is 7.15. The molecule has 0 fully saturated rings. The average molecular weight is 378 g/mol. The van der Waals surface area contributed by atoms with Gasteiger partial charge in [-0.1, -0.05) is 36.8 Å². The number of halogens is 1. The van der Waals surface area contributed by atoms with Gasteiger partial charge in [0.15, 0.2) is 5.69 Å². The highest BCUT2D eigenvalue weighted by atomic mass is 35.5. The molecule has 2 aromatic heterocycles. The normalized spacial score (nSPS) is 11.2. The number of anilines is 1. The molecule has 0 unspecified atom stereocenters. The molecule has 0 bridgehead atoms. The van der Waals surface area contributed by atoms with Crippen molar-refractivity contribution in [2.75, 3.05) is 5.32 Å². The van der Waals surface area contributed by atoms with E-state index in [2.05, 4.69) is 20.6 Å². The molecule has 0 aliphatic heterocycles. The third-order valence-electron chi connectivity index (χ3n) is 3.59. The molecule has 1 N–H and O–H groups in total. The van der Waals surface area contributed by atoms with Gasteiger partial charge in [0.1, 0.15) is 5.01 Å². The number of aryl methyl sites for hydroxylation is 1. The number of carbonyl (C=O) groups is 1. The molecule has 130 valence electrons. The standard InChI is InChI=1S/C16H16ClN5O2S/c1-4-22-11-6-5-9(17)7-10(11)13(23)12(21-22)14(24)18-16-20-19-15(25-16)8(2)3/h5-8H,4H2,1-3H3,(H,18,20,24). The van der Waals surface area contributed by atoms with Crippen molar-refractivity contribution in [1.82, 2.24) is 20.0 Å². The van der Waals surface area contributed by atoms with E-state index >= 15 is 0 Å². The van der Waals surface area contributed by atoms with Gasteiger partial charge < -0.3 is 0 Å². The van der Waals surface area contributed by atoms with Crippen LogP contribution in [0.5, 0.6) is 0 Å². The molecule has 0 aliphatic rings. The van der Waals surface area contributed by atoms with Crippen LogP contribution >= 0.6 is 22.9 Å². The Morgan fingerprint density at radius 2 is 2.12 bits per heavy atom. The highest BCUT2D eigenvalue weighted by Gasteiger charge is 2.19. The predicted molar refractivity (Wildman–Crippen MR) is 98.6 cm³/mol. The lowest BCUT2D eigenvalue weighted by Crippen LogP contribution is -2.27. The Morgan fingerprint density at radius 3 is 2.76 bits per heavy atom. The number of amides is 1. The second-order valence-electron chi connectivity index (χ2n) is 5.71. The third kappa shape index (κ3) is 3.40. The summed E-state index contributed by atoms with van der Waals surface area (Å²) in [5.74, 6) is -0.401. The Kier molecular flexibility index (Phi) is 4.82. The molecule has 0 atom stereocenters. The van der Waals surface area contributed by atoms with Gasteiger partial charge in [0, 0.05) is 17.5 Å². The summed E-state index contributed by atoms with van der Waals surface area (Å²) in [6, 6.07) is 4.95. The maximum atomic E-state index is 12.7. The van der Waals surface area contributed by atoms with Crippen LogP contribution in [0.3, 0.4) is 0 Å². The Hall–Kier alpha value is -2.32. The summed E-state index contributed by atoms with van der Waals surface area (Å²) in [4.78, 5) is 25.2. The lowest BCUT2D eigenvalue weighted by Gasteiger charge is -2.10. The number of benzene rings is 1. The number of aromatic nitrogens is 4. The quantitative estimate of drug-likeness (QED) is 0.753. The van der Waals surface area contributed by atoms with E-state index in [1.165, 1.54) is 11.3 Å². The van der Waals surface area contributed by atoms with Crippen molar-refractivity contribution in [2.45, 2.75) is 33.2 Å². The van der Waals surface area contributed by atoms with Crippen LogP contribution < -0.4 is 10.7 Å². The average Bonchev–Trinajstić information content (AvgIpc) is 3.04. The topological polar surface area (TPSA) is 89.8 Å². The van der Waals surface area contributed by atoms with Gasteiger partial charge in [-0.05, 0) is 25.1 Å². The summed E-state index contributed by atoms with van der Waals surface area (Å²) in [5.41, 5.74) is -0.0299. The zero-order valence-corrected chi connectivity index (χ0v) is 15.5. The van der Waals surface area contributed by atoms with Crippen LogP contribution in [0.2, 0.25) is 5.02 Å². The van der Waals surface area contributed by atoms with Crippen molar-refractivity contribution in [3.8, 4) is 0 Å². The van der Waals surface area contributed by atoms with Gasteiger partial charge in [-0.25, -0.2) is 0 Å². The van der Waals surface area contributed by atoms with Gasteiger partial charge in [-0.3, -0.25) is 19.6 Å². The summed E-state index contributed by atoms with van der Waals surface area (Å²) in [5, 5.41) is 16.7. The van der Waals surface area contributed by atoms with E-state index in [4.69, 9.17) is 11.6 Å². The molecule has 1 aromatic carbocycles. The summed E-state index contributed by atoms with van der Waals surface area (Å²) in [6.07, 6.45) is 0. The number of nitrogens with zero attached hydrogens (tertiary/aromatic N) is 4. The summed E-state index contributed by atoms with van der Waals surface area (Å²) >= 11 is 7.27. The largest absolute Gasteiger partial charge is 0.295 e. The number of fused-ring (bicyclic) bond motifs is 1. The molecule has 7 nitrogen and oxygen atoms in total. The summed E-state index contributed by atoms with van der Waals surface area (Å²) in [6.45, 7) is 6.36. The number of nitrogens with one attached hydrogen (secondary N) is 1. The lowest BCUT2D eigenvalue weighted by molar-refractivity contribution is 0.101. The fourth-order valence-electron chi connectivity index (χ4n) is 2.33. The van der Waals surface area contributed by atoms with Crippen LogP contribution in [0, 0.1) is 0 Å². The maximum Gasteiger partial charge on any atom is 0.282 e. The minimum absolute atomic E-state index is 0.196. The Balaban J connectivity index is 2.03. The predicted octanol–water partition coefficient (Wildman–Crippen LogP) is 3.30. The van der Waals surface area contributed by atoms with Gasteiger partial charge in [0.25, 0.3) is 5.91 Å². The Morgan fingerprint density at radius 1 is 1.36 bits per heavy atom. The number of carbonyl (C=O) groups excluding carboxylic acids is 1. The van der Waals surface area contributed by atoms with Crippen LogP contribution in [0.15, 0.2) is 23.0 Å². The molecule has 0 spiro atoms. The Labute approximate surface area is 152 Å². The van der Waals surface area contributed by atoms with Gasteiger partial charge in [0.2, 0.25) is 10.6 Å². The molecule has 9 heteroatoms. The number of hydrogen-bond acceptors (Lipinski definition) is 6. The van der Waals surface area contributed by atoms with E-state index in [0.29, 0.717) is 27.6 Å². The first kappa shape index (κ1) is 17.5. The molecule has 0 radical (unpaired) electrons. The summed E-state index contributed by atoms with van der Waals surface area (Å²) < 4.78 is 1.60. The fraction of sp³-hybridized carbons (Fsp3) is 0.312. The van der Waals surface area contributed by atoms with E-state index in [1.807, 2.05) is 20.8 Å². The first-order valence-electron chi connectivity index (χ1n) is 7.75. The van der Waals surface area contributed by atoms with Crippen molar-refractivity contribution < 1.29 is 4.79 Å². The zero-order valence-electron chi connectivity index (χ0n) is 13.9. The first-order chi connectivity index (χ1) is 11.9.